The van der Waals surface area contributed by atoms with Crippen molar-refractivity contribution in [3.8, 4) is 0 Å². The van der Waals surface area contributed by atoms with Gasteiger partial charge in [0.05, 0.1) is 0 Å². The molecule has 7 heteroatoms. The first kappa shape index (κ1) is 16.9. The summed E-state index contributed by atoms with van der Waals surface area (Å²) in [7, 11) is -0.798. The maximum Gasteiger partial charge on any atom is 0.315 e. The lowest BCUT2D eigenvalue weighted by Crippen LogP contribution is -2.45. The predicted molar refractivity (Wildman–Crippen MR) is 78.1 cm³/mol. The van der Waals surface area contributed by atoms with Crippen molar-refractivity contribution in [3.63, 3.8) is 0 Å². The predicted octanol–water partition coefficient (Wildman–Crippen LogP) is 1.23. The number of carbonyl (C=O) groups excluding carboxylic acids is 1. The fourth-order valence-electron chi connectivity index (χ4n) is 2.43. The topological polar surface area (TPSA) is 95.5 Å². The van der Waals surface area contributed by atoms with E-state index in [0.717, 1.165) is 25.7 Å². The Morgan fingerprint density at radius 1 is 1.35 bits per heavy atom. The van der Waals surface area contributed by atoms with Gasteiger partial charge in [-0.05, 0) is 25.7 Å². The van der Waals surface area contributed by atoms with Crippen LogP contribution in [-0.4, -0.2) is 44.9 Å². The van der Waals surface area contributed by atoms with Crippen LogP contribution in [0.1, 0.15) is 45.4 Å². The lowest BCUT2D eigenvalue weighted by atomic mass is 9.95. The summed E-state index contributed by atoms with van der Waals surface area (Å²) in [4.78, 5) is 22.0. The minimum absolute atomic E-state index is 0.0568. The highest BCUT2D eigenvalue weighted by molar-refractivity contribution is 7.85. The van der Waals surface area contributed by atoms with Crippen molar-refractivity contribution in [1.82, 2.24) is 10.6 Å². The fraction of sp³-hybridized carbons (Fsp3) is 0.846. The molecule has 1 fully saturated rings. The average Bonchev–Trinajstić information content (AvgIpc) is 2.43. The molecule has 0 aromatic rings. The highest BCUT2D eigenvalue weighted by Gasteiger charge is 2.26. The monoisotopic (exact) mass is 304 g/mol. The van der Waals surface area contributed by atoms with Gasteiger partial charge in [0.25, 0.3) is 0 Å². The summed E-state index contributed by atoms with van der Waals surface area (Å²) in [6, 6.07) is -0.188. The van der Waals surface area contributed by atoms with E-state index in [1.165, 1.54) is 0 Å². The van der Waals surface area contributed by atoms with Crippen LogP contribution in [0.3, 0.4) is 0 Å². The molecule has 6 nitrogen and oxygen atoms in total. The molecule has 0 aromatic carbocycles. The summed E-state index contributed by atoms with van der Waals surface area (Å²) in [5.41, 5.74) is 0. The Kier molecular flexibility index (Phi) is 7.58. The smallest absolute Gasteiger partial charge is 0.315 e. The zero-order valence-corrected chi connectivity index (χ0v) is 12.7. The molecule has 1 aliphatic carbocycles. The number of carboxylic acid groups (broad SMARTS) is 1. The summed E-state index contributed by atoms with van der Waals surface area (Å²) in [5.74, 6) is -0.192. The Labute approximate surface area is 122 Å². The van der Waals surface area contributed by atoms with Crippen LogP contribution in [0.25, 0.3) is 0 Å². The number of nitrogens with one attached hydrogen (secondary N) is 2. The molecule has 116 valence electrons. The van der Waals surface area contributed by atoms with Gasteiger partial charge in [-0.2, -0.15) is 0 Å². The summed E-state index contributed by atoms with van der Waals surface area (Å²) < 4.78 is 11.8. The van der Waals surface area contributed by atoms with Crippen LogP contribution < -0.4 is 10.6 Å². The second-order valence-corrected chi connectivity index (χ2v) is 7.06. The maximum atomic E-state index is 11.8. The van der Waals surface area contributed by atoms with Crippen molar-refractivity contribution in [2.45, 2.75) is 56.7 Å². The first-order valence-corrected chi connectivity index (χ1v) is 8.54. The molecule has 1 rings (SSSR count). The quantitative estimate of drug-likeness (QED) is 0.616. The lowest BCUT2D eigenvalue weighted by Gasteiger charge is -2.29. The highest BCUT2D eigenvalue weighted by Crippen LogP contribution is 2.22. The normalized spacial score (nSPS) is 23.9. The van der Waals surface area contributed by atoms with E-state index in [1.807, 2.05) is 6.92 Å². The zero-order chi connectivity index (χ0) is 15.0. The van der Waals surface area contributed by atoms with Gasteiger partial charge in [0, 0.05) is 40.8 Å². The Hall–Kier alpha value is -1.11. The molecular weight excluding hydrogens is 280 g/mol. The summed E-state index contributed by atoms with van der Waals surface area (Å²) >= 11 is 0. The van der Waals surface area contributed by atoms with Crippen LogP contribution in [0, 0.1) is 0 Å². The van der Waals surface area contributed by atoms with Gasteiger partial charge in [-0.15, -0.1) is 0 Å². The number of carbonyl (C=O) groups is 2. The standard InChI is InChI=1S/C13H24N2O4S/c1-2-20(19)11-6-3-5-10(9-11)15-13(18)14-8-4-7-12(16)17/h10-11H,2-9H2,1H3,(H,16,17)(H2,14,15,18). The minimum Gasteiger partial charge on any atom is -0.481 e. The van der Waals surface area contributed by atoms with Gasteiger partial charge in [-0.3, -0.25) is 9.00 Å². The van der Waals surface area contributed by atoms with E-state index in [-0.39, 0.29) is 23.7 Å². The van der Waals surface area contributed by atoms with Crippen molar-refractivity contribution in [2.75, 3.05) is 12.3 Å². The lowest BCUT2D eigenvalue weighted by molar-refractivity contribution is -0.137. The third-order valence-electron chi connectivity index (χ3n) is 3.47. The molecule has 1 saturated carbocycles. The van der Waals surface area contributed by atoms with E-state index in [9.17, 15) is 13.8 Å². The van der Waals surface area contributed by atoms with Crippen LogP contribution in [0.15, 0.2) is 0 Å². The molecule has 20 heavy (non-hydrogen) atoms. The van der Waals surface area contributed by atoms with E-state index in [4.69, 9.17) is 5.11 Å². The molecule has 0 spiro atoms. The van der Waals surface area contributed by atoms with Crippen molar-refractivity contribution >= 4 is 22.8 Å². The Morgan fingerprint density at radius 3 is 2.75 bits per heavy atom. The first-order chi connectivity index (χ1) is 9.52. The molecule has 3 atom stereocenters. The second kappa shape index (κ2) is 8.94. The van der Waals surface area contributed by atoms with Gasteiger partial charge < -0.3 is 15.7 Å². The van der Waals surface area contributed by atoms with E-state index >= 15 is 0 Å². The molecule has 1 aliphatic rings. The molecule has 0 radical (unpaired) electrons. The largest absolute Gasteiger partial charge is 0.481 e. The fourth-order valence-corrected chi connectivity index (χ4v) is 3.78. The number of urea groups is 1. The van der Waals surface area contributed by atoms with Gasteiger partial charge >= 0.3 is 12.0 Å². The van der Waals surface area contributed by atoms with E-state index in [0.29, 0.717) is 18.7 Å². The molecule has 3 unspecified atom stereocenters. The van der Waals surface area contributed by atoms with Gasteiger partial charge in [0.15, 0.2) is 0 Å². The molecule has 2 amide bonds. The first-order valence-electron chi connectivity index (χ1n) is 7.16. The van der Waals surface area contributed by atoms with Gasteiger partial charge in [0.2, 0.25) is 0 Å². The second-order valence-electron chi connectivity index (χ2n) is 5.05. The Balaban J connectivity index is 2.24. The van der Waals surface area contributed by atoms with Gasteiger partial charge in [-0.1, -0.05) is 13.3 Å². The third-order valence-corrected chi connectivity index (χ3v) is 5.21. The minimum atomic E-state index is -0.857. The van der Waals surface area contributed by atoms with E-state index in [2.05, 4.69) is 10.6 Å². The number of rotatable bonds is 7. The Bertz CT molecular complexity index is 362. The van der Waals surface area contributed by atoms with Crippen LogP contribution in [0.4, 0.5) is 4.79 Å². The molecular formula is C13H24N2O4S. The van der Waals surface area contributed by atoms with Crippen LogP contribution >= 0.6 is 0 Å². The van der Waals surface area contributed by atoms with Gasteiger partial charge in [-0.25, -0.2) is 4.79 Å². The van der Waals surface area contributed by atoms with Crippen molar-refractivity contribution in [1.29, 1.82) is 0 Å². The number of hydrogen-bond acceptors (Lipinski definition) is 3. The van der Waals surface area contributed by atoms with E-state index < -0.39 is 16.8 Å². The van der Waals surface area contributed by atoms with Crippen molar-refractivity contribution in [3.05, 3.63) is 0 Å². The average molecular weight is 304 g/mol. The van der Waals surface area contributed by atoms with Crippen molar-refractivity contribution < 1.29 is 18.9 Å². The molecule has 0 saturated heterocycles. The molecule has 3 N–H and O–H groups in total. The summed E-state index contributed by atoms with van der Waals surface area (Å²) in [6.45, 7) is 2.28. The maximum absolute atomic E-state index is 11.8. The van der Waals surface area contributed by atoms with Crippen LogP contribution in [0.2, 0.25) is 0 Å². The highest BCUT2D eigenvalue weighted by atomic mass is 32.2. The molecule has 0 heterocycles. The third kappa shape index (κ3) is 6.36. The summed E-state index contributed by atoms with van der Waals surface area (Å²) in [5, 5.41) is 14.2. The van der Waals surface area contributed by atoms with E-state index in [1.54, 1.807) is 0 Å². The SMILES string of the molecule is CCS(=O)C1CCCC(NC(=O)NCCCC(=O)O)C1. The molecule has 0 aromatic heterocycles. The van der Waals surface area contributed by atoms with Crippen LogP contribution in [-0.2, 0) is 15.6 Å². The van der Waals surface area contributed by atoms with Crippen molar-refractivity contribution in [2.24, 2.45) is 0 Å². The van der Waals surface area contributed by atoms with Crippen LogP contribution in [0.5, 0.6) is 0 Å². The molecule has 0 aliphatic heterocycles. The zero-order valence-electron chi connectivity index (χ0n) is 11.9. The molecule has 0 bridgehead atoms. The summed E-state index contributed by atoms with van der Waals surface area (Å²) in [6.07, 6.45) is 4.12. The number of aliphatic carboxylic acids is 1. The number of amides is 2. The Morgan fingerprint density at radius 2 is 2.10 bits per heavy atom. The number of carboxylic acids is 1. The van der Waals surface area contributed by atoms with Gasteiger partial charge in [0.1, 0.15) is 0 Å². The number of hydrogen-bond donors (Lipinski definition) is 3.